The zero-order chi connectivity index (χ0) is 10.6. The number of thiazole rings is 1. The van der Waals surface area contributed by atoms with E-state index >= 15 is 0 Å². The molecule has 1 heterocycles. The molecule has 0 saturated carbocycles. The average Bonchev–Trinajstić information content (AvgIpc) is 2.47. The number of aromatic nitrogens is 1. The van der Waals surface area contributed by atoms with Crippen LogP contribution in [0.4, 0.5) is 5.00 Å². The van der Waals surface area contributed by atoms with Crippen molar-refractivity contribution < 1.29 is 14.7 Å². The lowest BCUT2D eigenvalue weighted by Gasteiger charge is -1.93. The minimum atomic E-state index is -0.883. The second kappa shape index (κ2) is 4.97. The van der Waals surface area contributed by atoms with E-state index < -0.39 is 5.97 Å². The van der Waals surface area contributed by atoms with Gasteiger partial charge in [0.1, 0.15) is 5.00 Å². The summed E-state index contributed by atoms with van der Waals surface area (Å²) in [6.45, 7) is 1.41. The summed E-state index contributed by atoms with van der Waals surface area (Å²) in [5.74, 6) is -1.07. The van der Waals surface area contributed by atoms with Gasteiger partial charge in [0, 0.05) is 6.92 Å². The van der Waals surface area contributed by atoms with Gasteiger partial charge in [-0.3, -0.25) is 9.59 Å². The summed E-state index contributed by atoms with van der Waals surface area (Å²) in [5, 5.41) is 11.6. The molecule has 1 aromatic heterocycles. The molecule has 0 bridgehead atoms. The molecule has 0 fully saturated rings. The first-order chi connectivity index (χ1) is 6.58. The number of amides is 1. The molecule has 0 atom stereocenters. The smallest absolute Gasteiger partial charge is 0.313 e. The minimum Gasteiger partial charge on any atom is -0.481 e. The van der Waals surface area contributed by atoms with Crippen LogP contribution in [0, 0.1) is 0 Å². The summed E-state index contributed by atoms with van der Waals surface area (Å²) in [5.41, 5.74) is 0. The van der Waals surface area contributed by atoms with Gasteiger partial charge in [0.2, 0.25) is 5.91 Å². The van der Waals surface area contributed by atoms with Crippen molar-refractivity contribution in [3.05, 3.63) is 6.20 Å². The number of rotatable bonds is 4. The molecule has 0 aliphatic rings. The highest BCUT2D eigenvalue weighted by atomic mass is 32.2. The maximum Gasteiger partial charge on any atom is 0.313 e. The predicted octanol–water partition coefficient (Wildman–Crippen LogP) is 1.28. The summed E-state index contributed by atoms with van der Waals surface area (Å²) in [6, 6.07) is 0. The fourth-order valence-electron chi connectivity index (χ4n) is 0.680. The Morgan fingerprint density at radius 3 is 3.00 bits per heavy atom. The van der Waals surface area contributed by atoms with Crippen molar-refractivity contribution in [3.8, 4) is 0 Å². The molecule has 14 heavy (non-hydrogen) atoms. The van der Waals surface area contributed by atoms with Crippen LogP contribution in [-0.2, 0) is 9.59 Å². The van der Waals surface area contributed by atoms with E-state index in [1.54, 1.807) is 0 Å². The Balaban J connectivity index is 2.50. The Kier molecular flexibility index (Phi) is 3.90. The average molecular weight is 232 g/mol. The van der Waals surface area contributed by atoms with Crippen LogP contribution in [0.15, 0.2) is 10.5 Å². The third kappa shape index (κ3) is 3.75. The van der Waals surface area contributed by atoms with E-state index in [1.807, 2.05) is 0 Å². The highest BCUT2D eigenvalue weighted by molar-refractivity contribution is 8.01. The van der Waals surface area contributed by atoms with Gasteiger partial charge in [0.25, 0.3) is 0 Å². The Bertz CT molecular complexity index is 350. The van der Waals surface area contributed by atoms with Gasteiger partial charge in [-0.2, -0.15) is 0 Å². The monoisotopic (exact) mass is 232 g/mol. The molecule has 5 nitrogen and oxygen atoms in total. The number of carboxylic acid groups (broad SMARTS) is 1. The lowest BCUT2D eigenvalue weighted by Crippen LogP contribution is -2.03. The molecule has 2 N–H and O–H groups in total. The summed E-state index contributed by atoms with van der Waals surface area (Å²) in [4.78, 5) is 24.8. The zero-order valence-electron chi connectivity index (χ0n) is 7.31. The van der Waals surface area contributed by atoms with Gasteiger partial charge >= 0.3 is 5.97 Å². The molecular weight excluding hydrogens is 224 g/mol. The summed E-state index contributed by atoms with van der Waals surface area (Å²) in [6.07, 6.45) is 1.51. The lowest BCUT2D eigenvalue weighted by molar-refractivity contribution is -0.133. The van der Waals surface area contributed by atoms with E-state index in [1.165, 1.54) is 24.5 Å². The van der Waals surface area contributed by atoms with Gasteiger partial charge in [-0.25, -0.2) is 4.98 Å². The molecule has 0 radical (unpaired) electrons. The maximum absolute atomic E-state index is 10.7. The van der Waals surface area contributed by atoms with Crippen molar-refractivity contribution >= 4 is 40.0 Å². The molecule has 0 aromatic carbocycles. The number of carbonyl (C=O) groups excluding carboxylic acids is 1. The van der Waals surface area contributed by atoms with Crippen LogP contribution in [0.2, 0.25) is 0 Å². The first-order valence-corrected chi connectivity index (χ1v) is 5.46. The van der Waals surface area contributed by atoms with Crippen molar-refractivity contribution in [2.75, 3.05) is 11.1 Å². The Morgan fingerprint density at radius 1 is 1.71 bits per heavy atom. The topological polar surface area (TPSA) is 79.3 Å². The van der Waals surface area contributed by atoms with Gasteiger partial charge in [-0.15, -0.1) is 0 Å². The quantitative estimate of drug-likeness (QED) is 0.764. The van der Waals surface area contributed by atoms with Crippen LogP contribution in [0.1, 0.15) is 6.92 Å². The fourth-order valence-corrected chi connectivity index (χ4v) is 2.33. The second-order valence-corrected chi connectivity index (χ2v) is 4.61. The summed E-state index contributed by atoms with van der Waals surface area (Å²) < 4.78 is 0.635. The molecule has 7 heteroatoms. The number of hydrogen-bond donors (Lipinski definition) is 2. The molecule has 0 saturated heterocycles. The summed E-state index contributed by atoms with van der Waals surface area (Å²) in [7, 11) is 0. The highest BCUT2D eigenvalue weighted by Crippen LogP contribution is 2.27. The fraction of sp³-hybridized carbons (Fsp3) is 0.286. The van der Waals surface area contributed by atoms with Gasteiger partial charge in [0.05, 0.1) is 11.9 Å². The predicted molar refractivity (Wildman–Crippen MR) is 54.8 cm³/mol. The van der Waals surface area contributed by atoms with Crippen LogP contribution in [-0.4, -0.2) is 27.7 Å². The van der Waals surface area contributed by atoms with Gasteiger partial charge in [-0.05, 0) is 0 Å². The third-order valence-electron chi connectivity index (χ3n) is 1.10. The van der Waals surface area contributed by atoms with Crippen molar-refractivity contribution in [2.24, 2.45) is 0 Å². The Labute approximate surface area is 88.5 Å². The third-order valence-corrected chi connectivity index (χ3v) is 3.16. The Morgan fingerprint density at radius 2 is 2.43 bits per heavy atom. The van der Waals surface area contributed by atoms with E-state index in [4.69, 9.17) is 5.11 Å². The van der Waals surface area contributed by atoms with E-state index in [2.05, 4.69) is 10.3 Å². The van der Waals surface area contributed by atoms with Crippen molar-refractivity contribution in [2.45, 2.75) is 11.3 Å². The van der Waals surface area contributed by atoms with Crippen molar-refractivity contribution in [1.82, 2.24) is 4.98 Å². The Hall–Kier alpha value is -1.08. The van der Waals surface area contributed by atoms with E-state index in [9.17, 15) is 9.59 Å². The van der Waals surface area contributed by atoms with Crippen LogP contribution in [0.5, 0.6) is 0 Å². The van der Waals surface area contributed by atoms with E-state index in [-0.39, 0.29) is 11.7 Å². The standard InChI is InChI=1S/C7H8N2O3S2/c1-4(10)9-5-2-8-7(14-5)13-3-6(11)12/h2H,3H2,1H3,(H,9,10)(H,11,12). The first kappa shape index (κ1) is 11.0. The molecule has 0 unspecified atom stereocenters. The van der Waals surface area contributed by atoms with Crippen molar-refractivity contribution in [1.29, 1.82) is 0 Å². The number of aliphatic carboxylic acids is 1. The molecule has 1 aromatic rings. The van der Waals surface area contributed by atoms with Gasteiger partial charge in [-0.1, -0.05) is 23.1 Å². The van der Waals surface area contributed by atoms with Crippen LogP contribution < -0.4 is 5.32 Å². The number of anilines is 1. The number of nitrogens with one attached hydrogen (secondary N) is 1. The molecule has 0 aliphatic heterocycles. The van der Waals surface area contributed by atoms with Gasteiger partial charge in [0.15, 0.2) is 4.34 Å². The largest absolute Gasteiger partial charge is 0.481 e. The normalized spacial score (nSPS) is 9.79. The molecule has 76 valence electrons. The van der Waals surface area contributed by atoms with E-state index in [0.29, 0.717) is 9.34 Å². The van der Waals surface area contributed by atoms with Crippen molar-refractivity contribution in [3.63, 3.8) is 0 Å². The number of nitrogens with zero attached hydrogens (tertiary/aromatic N) is 1. The molecular formula is C7H8N2O3S2. The number of hydrogen-bond acceptors (Lipinski definition) is 5. The van der Waals surface area contributed by atoms with Crippen LogP contribution in [0.25, 0.3) is 0 Å². The lowest BCUT2D eigenvalue weighted by atomic mass is 10.7. The number of carbonyl (C=O) groups is 2. The molecule has 0 spiro atoms. The van der Waals surface area contributed by atoms with Crippen LogP contribution in [0.3, 0.4) is 0 Å². The second-order valence-electron chi connectivity index (χ2n) is 2.35. The molecule has 0 aliphatic carbocycles. The number of thioether (sulfide) groups is 1. The van der Waals surface area contributed by atoms with Gasteiger partial charge < -0.3 is 10.4 Å². The number of carboxylic acids is 1. The maximum atomic E-state index is 10.7. The first-order valence-electron chi connectivity index (χ1n) is 3.66. The minimum absolute atomic E-state index is 0.0208. The van der Waals surface area contributed by atoms with E-state index in [0.717, 1.165) is 11.8 Å². The van der Waals surface area contributed by atoms with Crippen LogP contribution >= 0.6 is 23.1 Å². The summed E-state index contributed by atoms with van der Waals surface area (Å²) >= 11 is 2.39. The highest BCUT2D eigenvalue weighted by Gasteiger charge is 2.05. The molecule has 1 amide bonds. The molecule has 1 rings (SSSR count). The SMILES string of the molecule is CC(=O)Nc1cnc(SCC(=O)O)s1. The zero-order valence-corrected chi connectivity index (χ0v) is 8.94.